The van der Waals surface area contributed by atoms with Crippen LogP contribution in [0.2, 0.25) is 0 Å². The van der Waals surface area contributed by atoms with Gasteiger partial charge in [-0.1, -0.05) is 0 Å². The van der Waals surface area contributed by atoms with Gasteiger partial charge < -0.3 is 15.5 Å². The van der Waals surface area contributed by atoms with Crippen molar-refractivity contribution in [2.45, 2.75) is 12.8 Å². The number of anilines is 3. The number of halogens is 1. The van der Waals surface area contributed by atoms with Crippen molar-refractivity contribution >= 4 is 28.9 Å². The monoisotopic (exact) mass is 328 g/mol. The molecule has 1 aromatic carbocycles. The van der Waals surface area contributed by atoms with E-state index < -0.39 is 17.6 Å². The molecule has 7 heteroatoms. The third-order valence-corrected chi connectivity index (χ3v) is 3.78. The Bertz CT molecular complexity index is 746. The van der Waals surface area contributed by atoms with Crippen molar-refractivity contribution in [3.63, 3.8) is 0 Å². The zero-order chi connectivity index (χ0) is 16.9. The molecule has 3 rings (SSSR count). The van der Waals surface area contributed by atoms with Gasteiger partial charge in [0, 0.05) is 25.0 Å². The fraction of sp³-hybridized carbons (Fsp3) is 0.235. The first-order chi connectivity index (χ1) is 11.6. The van der Waals surface area contributed by atoms with Crippen LogP contribution >= 0.6 is 0 Å². The van der Waals surface area contributed by atoms with Crippen LogP contribution in [0.3, 0.4) is 0 Å². The first kappa shape index (κ1) is 15.9. The van der Waals surface area contributed by atoms with E-state index in [4.69, 9.17) is 0 Å². The Morgan fingerprint density at radius 2 is 1.75 bits per heavy atom. The van der Waals surface area contributed by atoms with Crippen LogP contribution in [0.4, 0.5) is 21.5 Å². The van der Waals surface area contributed by atoms with Gasteiger partial charge in [0.1, 0.15) is 5.82 Å². The summed E-state index contributed by atoms with van der Waals surface area (Å²) in [4.78, 5) is 29.5. The van der Waals surface area contributed by atoms with Crippen LogP contribution < -0.4 is 15.5 Å². The molecule has 0 aliphatic carbocycles. The number of carbonyl (C=O) groups is 2. The Balaban J connectivity index is 1.63. The van der Waals surface area contributed by atoms with Crippen molar-refractivity contribution in [3.05, 3.63) is 48.5 Å². The molecular formula is C17H17FN4O2. The van der Waals surface area contributed by atoms with Crippen LogP contribution in [-0.2, 0) is 9.59 Å². The maximum atomic E-state index is 14.2. The molecule has 0 unspecified atom stereocenters. The number of benzene rings is 1. The van der Waals surface area contributed by atoms with Gasteiger partial charge >= 0.3 is 11.8 Å². The minimum absolute atomic E-state index is 0.238. The molecule has 1 saturated heterocycles. The lowest BCUT2D eigenvalue weighted by Gasteiger charge is -2.18. The maximum Gasteiger partial charge on any atom is 0.314 e. The Kier molecular flexibility index (Phi) is 4.69. The number of nitrogens with zero attached hydrogens (tertiary/aromatic N) is 2. The molecule has 124 valence electrons. The molecule has 24 heavy (non-hydrogen) atoms. The molecule has 2 N–H and O–H groups in total. The first-order valence-corrected chi connectivity index (χ1v) is 7.70. The SMILES string of the molecule is O=C(Nc1cccnc1)C(=O)Nc1ccc(N2CCCC2)c(F)c1. The molecule has 1 aromatic heterocycles. The molecule has 0 bridgehead atoms. The van der Waals surface area contributed by atoms with E-state index >= 15 is 0 Å². The topological polar surface area (TPSA) is 74.3 Å². The van der Waals surface area contributed by atoms with Gasteiger partial charge in [-0.2, -0.15) is 0 Å². The van der Waals surface area contributed by atoms with E-state index in [0.29, 0.717) is 11.4 Å². The second-order valence-corrected chi connectivity index (χ2v) is 5.51. The average Bonchev–Trinajstić information content (AvgIpc) is 3.10. The fourth-order valence-electron chi connectivity index (χ4n) is 2.61. The van der Waals surface area contributed by atoms with Gasteiger partial charge in [-0.05, 0) is 43.2 Å². The van der Waals surface area contributed by atoms with Crippen LogP contribution in [0, 0.1) is 5.82 Å². The van der Waals surface area contributed by atoms with Gasteiger partial charge in [0.2, 0.25) is 0 Å². The molecule has 2 heterocycles. The zero-order valence-corrected chi connectivity index (χ0v) is 13.0. The summed E-state index contributed by atoms with van der Waals surface area (Å²) in [7, 11) is 0. The standard InChI is InChI=1S/C17H17FN4O2/c18-14-10-12(5-6-15(14)22-8-1-2-9-22)20-16(23)17(24)21-13-4-3-7-19-11-13/h3-7,10-11H,1-2,8-9H2,(H,20,23)(H,21,24). The molecule has 0 radical (unpaired) electrons. The predicted octanol–water partition coefficient (Wildman–Crippen LogP) is 2.40. The summed E-state index contributed by atoms with van der Waals surface area (Å²) < 4.78 is 14.2. The Hall–Kier alpha value is -2.96. The Morgan fingerprint density at radius 1 is 1.04 bits per heavy atom. The van der Waals surface area contributed by atoms with Gasteiger partial charge in [0.25, 0.3) is 0 Å². The van der Waals surface area contributed by atoms with Gasteiger partial charge in [0.15, 0.2) is 0 Å². The number of rotatable bonds is 3. The van der Waals surface area contributed by atoms with Crippen molar-refractivity contribution < 1.29 is 14.0 Å². The molecule has 1 fully saturated rings. The normalized spacial score (nSPS) is 13.6. The van der Waals surface area contributed by atoms with Crippen LogP contribution in [0.25, 0.3) is 0 Å². The third kappa shape index (κ3) is 3.68. The van der Waals surface area contributed by atoms with Crippen molar-refractivity contribution in [1.29, 1.82) is 0 Å². The summed E-state index contributed by atoms with van der Waals surface area (Å²) in [6, 6.07) is 7.69. The summed E-state index contributed by atoms with van der Waals surface area (Å²) in [5.41, 5.74) is 1.17. The number of aromatic nitrogens is 1. The van der Waals surface area contributed by atoms with Crippen molar-refractivity contribution in [2.75, 3.05) is 28.6 Å². The number of hydrogen-bond donors (Lipinski definition) is 2. The first-order valence-electron chi connectivity index (χ1n) is 7.70. The second kappa shape index (κ2) is 7.08. The van der Waals surface area contributed by atoms with Crippen LogP contribution in [-0.4, -0.2) is 29.9 Å². The smallest absolute Gasteiger partial charge is 0.314 e. The third-order valence-electron chi connectivity index (χ3n) is 3.78. The van der Waals surface area contributed by atoms with Crippen molar-refractivity contribution in [1.82, 2.24) is 4.98 Å². The van der Waals surface area contributed by atoms with E-state index in [-0.39, 0.29) is 5.69 Å². The van der Waals surface area contributed by atoms with E-state index in [1.54, 1.807) is 30.5 Å². The maximum absolute atomic E-state index is 14.2. The molecule has 6 nitrogen and oxygen atoms in total. The summed E-state index contributed by atoms with van der Waals surface area (Å²) >= 11 is 0. The molecule has 0 saturated carbocycles. The second-order valence-electron chi connectivity index (χ2n) is 5.51. The van der Waals surface area contributed by atoms with E-state index in [2.05, 4.69) is 15.6 Å². The highest BCUT2D eigenvalue weighted by Gasteiger charge is 2.18. The van der Waals surface area contributed by atoms with Gasteiger partial charge in [-0.3, -0.25) is 14.6 Å². The minimum Gasteiger partial charge on any atom is -0.369 e. The molecule has 2 amide bonds. The summed E-state index contributed by atoms with van der Waals surface area (Å²) in [6.07, 6.45) is 5.08. The molecule has 1 aliphatic rings. The Morgan fingerprint density at radius 3 is 2.38 bits per heavy atom. The molecule has 1 aliphatic heterocycles. The van der Waals surface area contributed by atoms with Crippen molar-refractivity contribution in [2.24, 2.45) is 0 Å². The summed E-state index contributed by atoms with van der Waals surface area (Å²) in [6.45, 7) is 1.66. The van der Waals surface area contributed by atoms with E-state index in [0.717, 1.165) is 25.9 Å². The average molecular weight is 328 g/mol. The highest BCUT2D eigenvalue weighted by atomic mass is 19.1. The van der Waals surface area contributed by atoms with Crippen LogP contribution in [0.15, 0.2) is 42.7 Å². The fourth-order valence-corrected chi connectivity index (χ4v) is 2.61. The lowest BCUT2D eigenvalue weighted by molar-refractivity contribution is -0.133. The number of hydrogen-bond acceptors (Lipinski definition) is 4. The quantitative estimate of drug-likeness (QED) is 0.849. The molecule has 0 spiro atoms. The number of nitrogens with one attached hydrogen (secondary N) is 2. The summed E-state index contributed by atoms with van der Waals surface area (Å²) in [5.74, 6) is -2.12. The zero-order valence-electron chi connectivity index (χ0n) is 13.0. The predicted molar refractivity (Wildman–Crippen MR) is 89.3 cm³/mol. The highest BCUT2D eigenvalue weighted by molar-refractivity contribution is 6.43. The number of amides is 2. The summed E-state index contributed by atoms with van der Waals surface area (Å²) in [5, 5.41) is 4.81. The van der Waals surface area contributed by atoms with E-state index in [9.17, 15) is 14.0 Å². The van der Waals surface area contributed by atoms with Gasteiger partial charge in [-0.15, -0.1) is 0 Å². The van der Waals surface area contributed by atoms with E-state index in [1.165, 1.54) is 12.3 Å². The van der Waals surface area contributed by atoms with Crippen LogP contribution in [0.1, 0.15) is 12.8 Å². The highest BCUT2D eigenvalue weighted by Crippen LogP contribution is 2.26. The van der Waals surface area contributed by atoms with E-state index in [1.807, 2.05) is 4.90 Å². The largest absolute Gasteiger partial charge is 0.369 e. The lowest BCUT2D eigenvalue weighted by Crippen LogP contribution is -2.29. The molecule has 0 atom stereocenters. The van der Waals surface area contributed by atoms with Gasteiger partial charge in [-0.25, -0.2) is 4.39 Å². The number of carbonyl (C=O) groups excluding carboxylic acids is 2. The number of pyridine rings is 1. The minimum atomic E-state index is -0.868. The molecular weight excluding hydrogens is 311 g/mol. The Labute approximate surface area is 138 Å². The van der Waals surface area contributed by atoms with Crippen LogP contribution in [0.5, 0.6) is 0 Å². The van der Waals surface area contributed by atoms with Gasteiger partial charge in [0.05, 0.1) is 17.6 Å². The molecule has 2 aromatic rings. The van der Waals surface area contributed by atoms with Crippen molar-refractivity contribution in [3.8, 4) is 0 Å². The lowest BCUT2D eigenvalue weighted by atomic mass is 10.2.